The van der Waals surface area contributed by atoms with Crippen molar-refractivity contribution >= 4 is 33.2 Å². The Bertz CT molecular complexity index is 1390. The van der Waals surface area contributed by atoms with Crippen molar-refractivity contribution in [1.29, 1.82) is 0 Å². The first-order valence-corrected chi connectivity index (χ1v) is 12.7. The number of ether oxygens (including phenoxy) is 2. The van der Waals surface area contributed by atoms with Gasteiger partial charge in [0, 0.05) is 30.9 Å². The van der Waals surface area contributed by atoms with E-state index < -0.39 is 22.0 Å². The van der Waals surface area contributed by atoms with E-state index in [1.165, 1.54) is 43.6 Å². The lowest BCUT2D eigenvalue weighted by Gasteiger charge is -2.35. The fraction of sp³-hybridized carbons (Fsp3) is 0.231. The molecule has 0 aliphatic carbocycles. The normalized spacial score (nSPS) is 15.5. The van der Waals surface area contributed by atoms with Gasteiger partial charge in [0.1, 0.15) is 6.04 Å². The van der Waals surface area contributed by atoms with Crippen LogP contribution in [-0.2, 0) is 32.6 Å². The Hall–Kier alpha value is -3.89. The summed E-state index contributed by atoms with van der Waals surface area (Å²) in [7, 11) is -1.18. The molecule has 2 N–H and O–H groups in total. The summed E-state index contributed by atoms with van der Waals surface area (Å²) in [6.07, 6.45) is 0.221. The molecule has 0 saturated carbocycles. The molecular weight excluding hydrogens is 482 g/mol. The quantitative estimate of drug-likeness (QED) is 0.505. The van der Waals surface area contributed by atoms with E-state index in [4.69, 9.17) is 9.47 Å². The summed E-state index contributed by atoms with van der Waals surface area (Å²) in [5.74, 6) is 0.0122. The Morgan fingerprint density at radius 1 is 0.861 bits per heavy atom. The van der Waals surface area contributed by atoms with Crippen LogP contribution in [0.4, 0.5) is 11.4 Å². The fourth-order valence-electron chi connectivity index (χ4n) is 4.15. The number of hydrogen-bond acceptors (Lipinski definition) is 6. The smallest absolute Gasteiger partial charge is 0.244 e. The monoisotopic (exact) mass is 509 g/mol. The van der Waals surface area contributed by atoms with Crippen LogP contribution >= 0.6 is 0 Å². The number of methoxy groups -OCH3 is 2. The Kier molecular flexibility index (Phi) is 7.27. The van der Waals surface area contributed by atoms with Crippen LogP contribution in [0.15, 0.2) is 71.6 Å². The Morgan fingerprint density at radius 3 is 2.08 bits per heavy atom. The van der Waals surface area contributed by atoms with Gasteiger partial charge in [-0.1, -0.05) is 24.3 Å². The third-order valence-corrected chi connectivity index (χ3v) is 7.79. The molecule has 1 unspecified atom stereocenters. The molecule has 1 atom stereocenters. The van der Waals surface area contributed by atoms with Gasteiger partial charge < -0.3 is 20.1 Å². The van der Waals surface area contributed by atoms with E-state index in [0.29, 0.717) is 17.1 Å². The molecule has 0 fully saturated rings. The average Bonchev–Trinajstić information content (AvgIpc) is 2.88. The van der Waals surface area contributed by atoms with Gasteiger partial charge in [0.2, 0.25) is 21.8 Å². The van der Waals surface area contributed by atoms with Crippen LogP contribution in [0.25, 0.3) is 0 Å². The highest BCUT2D eigenvalue weighted by molar-refractivity contribution is 7.89. The van der Waals surface area contributed by atoms with Crippen molar-refractivity contribution in [3.63, 3.8) is 0 Å². The lowest BCUT2D eigenvalue weighted by Crippen LogP contribution is -2.50. The van der Waals surface area contributed by atoms with Crippen LogP contribution in [-0.4, -0.2) is 44.8 Å². The molecule has 3 aromatic carbocycles. The zero-order valence-corrected chi connectivity index (χ0v) is 21.0. The van der Waals surface area contributed by atoms with E-state index in [2.05, 4.69) is 10.6 Å². The number of fused-ring (bicyclic) bond motifs is 1. The molecule has 0 aromatic heterocycles. The van der Waals surface area contributed by atoms with Gasteiger partial charge in [-0.25, -0.2) is 8.42 Å². The summed E-state index contributed by atoms with van der Waals surface area (Å²) >= 11 is 0. The van der Waals surface area contributed by atoms with Gasteiger partial charge in [-0.3, -0.25) is 9.59 Å². The van der Waals surface area contributed by atoms with Crippen molar-refractivity contribution in [3.05, 3.63) is 77.9 Å². The van der Waals surface area contributed by atoms with Crippen LogP contribution < -0.4 is 20.1 Å². The second-order valence-electron chi connectivity index (χ2n) is 8.30. The first-order chi connectivity index (χ1) is 17.2. The molecule has 2 amide bonds. The summed E-state index contributed by atoms with van der Waals surface area (Å²) in [6.45, 7) is 1.45. The number of sulfonamides is 1. The highest BCUT2D eigenvalue weighted by Crippen LogP contribution is 2.34. The van der Waals surface area contributed by atoms with E-state index >= 15 is 0 Å². The van der Waals surface area contributed by atoms with Gasteiger partial charge in [-0.2, -0.15) is 4.31 Å². The van der Waals surface area contributed by atoms with Crippen molar-refractivity contribution in [2.75, 3.05) is 24.9 Å². The molecule has 0 spiro atoms. The molecule has 4 rings (SSSR count). The minimum atomic E-state index is -4.08. The fourth-order valence-corrected chi connectivity index (χ4v) is 5.73. The van der Waals surface area contributed by atoms with E-state index in [9.17, 15) is 18.0 Å². The summed E-state index contributed by atoms with van der Waals surface area (Å²) in [5, 5.41) is 5.48. The largest absolute Gasteiger partial charge is 0.493 e. The number of benzene rings is 3. The highest BCUT2D eigenvalue weighted by Gasteiger charge is 2.40. The second kappa shape index (κ2) is 10.4. The van der Waals surface area contributed by atoms with Crippen LogP contribution in [0.2, 0.25) is 0 Å². The zero-order valence-electron chi connectivity index (χ0n) is 20.1. The number of carbonyl (C=O) groups excluding carboxylic acids is 2. The maximum Gasteiger partial charge on any atom is 0.244 e. The molecule has 188 valence electrons. The summed E-state index contributed by atoms with van der Waals surface area (Å²) in [6, 6.07) is 17.5. The van der Waals surface area contributed by atoms with E-state index in [1.807, 2.05) is 24.3 Å². The summed E-state index contributed by atoms with van der Waals surface area (Å²) in [5.41, 5.74) is 2.82. The van der Waals surface area contributed by atoms with Gasteiger partial charge in [-0.15, -0.1) is 0 Å². The minimum Gasteiger partial charge on any atom is -0.493 e. The van der Waals surface area contributed by atoms with Crippen molar-refractivity contribution in [1.82, 2.24) is 4.31 Å². The number of nitrogens with zero attached hydrogens (tertiary/aromatic N) is 1. The maximum atomic E-state index is 13.8. The van der Waals surface area contributed by atoms with E-state index in [0.717, 1.165) is 11.1 Å². The Morgan fingerprint density at radius 2 is 1.47 bits per heavy atom. The van der Waals surface area contributed by atoms with Crippen molar-refractivity contribution in [3.8, 4) is 11.5 Å². The van der Waals surface area contributed by atoms with Gasteiger partial charge in [0.25, 0.3) is 0 Å². The third kappa shape index (κ3) is 5.19. The molecule has 9 nitrogen and oxygen atoms in total. The van der Waals surface area contributed by atoms with Gasteiger partial charge in [-0.05, 0) is 53.9 Å². The number of nitrogens with one attached hydrogen (secondary N) is 2. The minimum absolute atomic E-state index is 0.00279. The lowest BCUT2D eigenvalue weighted by molar-refractivity contribution is -0.120. The molecule has 36 heavy (non-hydrogen) atoms. The second-order valence-corrected chi connectivity index (χ2v) is 10.2. The maximum absolute atomic E-state index is 13.8. The third-order valence-electron chi connectivity index (χ3n) is 5.94. The van der Waals surface area contributed by atoms with Gasteiger partial charge in [0.05, 0.1) is 19.1 Å². The molecule has 1 heterocycles. The first-order valence-electron chi connectivity index (χ1n) is 11.2. The molecule has 0 bridgehead atoms. The molecular formula is C26H27N3O6S. The molecule has 0 radical (unpaired) electrons. The van der Waals surface area contributed by atoms with Crippen LogP contribution in [0.5, 0.6) is 11.5 Å². The zero-order chi connectivity index (χ0) is 25.9. The average molecular weight is 510 g/mol. The van der Waals surface area contributed by atoms with Crippen molar-refractivity contribution < 1.29 is 27.5 Å². The predicted octanol–water partition coefficient (Wildman–Crippen LogP) is 3.42. The molecule has 0 saturated heterocycles. The van der Waals surface area contributed by atoms with Crippen LogP contribution in [0.1, 0.15) is 18.1 Å². The highest BCUT2D eigenvalue weighted by atomic mass is 32.2. The lowest BCUT2D eigenvalue weighted by atomic mass is 9.95. The topological polar surface area (TPSA) is 114 Å². The molecule has 3 aromatic rings. The SMILES string of the molecule is COc1ccc(S(=O)(=O)N2Cc3ccccc3CC2C(=O)Nc2ccc(NC(C)=O)cc2)cc1OC. The van der Waals surface area contributed by atoms with Crippen molar-refractivity contribution in [2.24, 2.45) is 0 Å². The number of rotatable bonds is 7. The van der Waals surface area contributed by atoms with Crippen LogP contribution in [0, 0.1) is 0 Å². The van der Waals surface area contributed by atoms with Crippen LogP contribution in [0.3, 0.4) is 0 Å². The standard InChI is InChI=1S/C26H27N3O6S/c1-17(30)27-20-8-10-21(11-9-20)28-26(31)23-14-18-6-4-5-7-19(18)16-29(23)36(32,33)22-12-13-24(34-2)25(15-22)35-3/h4-13,15,23H,14,16H2,1-3H3,(H,27,30)(H,28,31). The number of hydrogen-bond donors (Lipinski definition) is 2. The number of amides is 2. The van der Waals surface area contributed by atoms with Gasteiger partial charge in [0.15, 0.2) is 11.5 Å². The summed E-state index contributed by atoms with van der Waals surface area (Å²) in [4.78, 5) is 24.7. The number of anilines is 2. The molecule has 10 heteroatoms. The first kappa shape index (κ1) is 25.2. The Balaban J connectivity index is 1.67. The van der Waals surface area contributed by atoms with Crippen molar-refractivity contribution in [2.45, 2.75) is 30.8 Å². The predicted molar refractivity (Wildman–Crippen MR) is 136 cm³/mol. The summed E-state index contributed by atoms with van der Waals surface area (Å²) < 4.78 is 39.3. The van der Waals surface area contributed by atoms with Gasteiger partial charge >= 0.3 is 0 Å². The van der Waals surface area contributed by atoms with E-state index in [1.54, 1.807) is 24.3 Å². The Labute approximate surface area is 210 Å². The molecule has 1 aliphatic heterocycles. The molecule has 1 aliphatic rings. The van der Waals surface area contributed by atoms with E-state index in [-0.39, 0.29) is 29.5 Å². The number of carbonyl (C=O) groups is 2.